The van der Waals surface area contributed by atoms with Crippen molar-refractivity contribution in [2.45, 2.75) is 101 Å². The number of benzene rings is 3. The van der Waals surface area contributed by atoms with Gasteiger partial charge in [-0.3, -0.25) is 4.79 Å². The van der Waals surface area contributed by atoms with Crippen molar-refractivity contribution in [3.63, 3.8) is 0 Å². The van der Waals surface area contributed by atoms with Crippen molar-refractivity contribution in [3.8, 4) is 11.3 Å². The van der Waals surface area contributed by atoms with E-state index in [2.05, 4.69) is 39.0 Å². The molecule has 4 rings (SSSR count). The van der Waals surface area contributed by atoms with Crippen LogP contribution in [0.1, 0.15) is 104 Å². The number of carbonyl (C=O) groups excluding carboxylic acids is 1. The minimum absolute atomic E-state index is 0. The molecule has 0 aliphatic heterocycles. The van der Waals surface area contributed by atoms with Crippen molar-refractivity contribution >= 4 is 27.3 Å². The molecule has 0 spiro atoms. The molecule has 5 heteroatoms. The van der Waals surface area contributed by atoms with Crippen molar-refractivity contribution < 1.29 is 34.4 Å². The van der Waals surface area contributed by atoms with E-state index in [1.165, 1.54) is 11.6 Å². The number of ketones is 1. The van der Waals surface area contributed by atoms with Gasteiger partial charge in [-0.05, 0) is 65.1 Å². The zero-order valence-electron chi connectivity index (χ0n) is 28.1. The second-order valence-electron chi connectivity index (χ2n) is 12.7. The van der Waals surface area contributed by atoms with Crippen LogP contribution in [0.2, 0.25) is 0 Å². The number of aliphatic hydroxyl groups is 1. The van der Waals surface area contributed by atoms with E-state index >= 15 is 0 Å². The van der Waals surface area contributed by atoms with Crippen molar-refractivity contribution in [2.24, 2.45) is 10.8 Å². The third-order valence-corrected chi connectivity index (χ3v) is 9.50. The molecule has 0 atom stereocenters. The number of fused-ring (bicyclic) bond motifs is 3. The Labute approximate surface area is 277 Å². The molecule has 1 N–H and O–H groups in total. The van der Waals surface area contributed by atoms with Crippen LogP contribution in [0.15, 0.2) is 60.5 Å². The minimum Gasteiger partial charge on any atom is -0.512 e. The summed E-state index contributed by atoms with van der Waals surface area (Å²) in [7, 11) is 0. The number of aryl methyl sites for hydroxylation is 2. The van der Waals surface area contributed by atoms with Gasteiger partial charge >= 0.3 is 0 Å². The number of rotatable bonds is 9. The molecule has 0 unspecified atom stereocenters. The summed E-state index contributed by atoms with van der Waals surface area (Å²) in [6.07, 6.45) is 6.65. The van der Waals surface area contributed by atoms with E-state index in [9.17, 15) is 14.3 Å². The first-order chi connectivity index (χ1) is 20.2. The molecular weight excluding hydrogens is 726 g/mol. The minimum atomic E-state index is -0.337. The van der Waals surface area contributed by atoms with Crippen LogP contribution in [0, 0.1) is 36.6 Å². The van der Waals surface area contributed by atoms with Crippen molar-refractivity contribution in [1.82, 2.24) is 4.98 Å². The topological polar surface area (TPSA) is 50.2 Å². The molecule has 1 aromatic heterocycles. The predicted octanol–water partition coefficient (Wildman–Crippen LogP) is 11.4. The Balaban J connectivity index is 0.000000331. The monoisotopic (exact) mass is 775 g/mol. The molecule has 0 saturated carbocycles. The van der Waals surface area contributed by atoms with E-state index < -0.39 is 0 Å². The molecule has 0 amide bonds. The van der Waals surface area contributed by atoms with E-state index in [4.69, 9.17) is 4.98 Å². The molecule has 3 aromatic carbocycles. The summed E-state index contributed by atoms with van der Waals surface area (Å²) in [4.78, 5) is 17.0. The van der Waals surface area contributed by atoms with E-state index in [1.54, 1.807) is 6.07 Å². The van der Waals surface area contributed by atoms with Gasteiger partial charge in [0.15, 0.2) is 5.78 Å². The Kier molecular flexibility index (Phi) is 13.1. The number of halogens is 1. The normalized spacial score (nSPS) is 12.2. The van der Waals surface area contributed by atoms with Crippen molar-refractivity contribution in [1.29, 1.82) is 0 Å². The molecule has 1 heterocycles. The van der Waals surface area contributed by atoms with Gasteiger partial charge in [0.1, 0.15) is 11.6 Å². The summed E-state index contributed by atoms with van der Waals surface area (Å²) in [5.74, 6) is 0.369. The first-order valence-electron chi connectivity index (χ1n) is 15.7. The van der Waals surface area contributed by atoms with Gasteiger partial charge in [0.25, 0.3) is 0 Å². The largest absolute Gasteiger partial charge is 0.512 e. The van der Waals surface area contributed by atoms with Crippen LogP contribution in [-0.4, -0.2) is 15.9 Å². The number of hydrogen-bond acceptors (Lipinski definition) is 3. The van der Waals surface area contributed by atoms with Gasteiger partial charge in [-0.2, -0.15) is 0 Å². The maximum absolute atomic E-state index is 14.8. The van der Waals surface area contributed by atoms with Crippen molar-refractivity contribution in [2.75, 3.05) is 0 Å². The van der Waals surface area contributed by atoms with Gasteiger partial charge < -0.3 is 10.1 Å². The maximum atomic E-state index is 14.8. The molecule has 4 aromatic rings. The average molecular weight is 775 g/mol. The molecule has 3 nitrogen and oxygen atoms in total. The summed E-state index contributed by atoms with van der Waals surface area (Å²) >= 11 is 0. The van der Waals surface area contributed by atoms with Crippen LogP contribution in [0.5, 0.6) is 0 Å². The Morgan fingerprint density at radius 2 is 1.50 bits per heavy atom. The third-order valence-electron chi connectivity index (χ3n) is 9.50. The van der Waals surface area contributed by atoms with Gasteiger partial charge in [0.05, 0.1) is 0 Å². The van der Waals surface area contributed by atoms with Gasteiger partial charge in [-0.1, -0.05) is 93.5 Å². The smallest absolute Gasteiger partial charge is 0.164 e. The number of aliphatic hydroxyl groups excluding tert-OH is 1. The number of aromatic nitrogens is 1. The summed E-state index contributed by atoms with van der Waals surface area (Å²) in [5, 5.41) is 13.6. The fraction of sp³-hybridized carbons (Fsp3) is 0.436. The molecule has 0 aliphatic carbocycles. The van der Waals surface area contributed by atoms with Gasteiger partial charge in [-0.25, -0.2) is 4.39 Å². The SMILES string of the molecule is CCC(C)(CC)C(=O)/C=C(\O)C(C)(CC)CC.Cc1[c-]c(-c2ncc(C(C)C)c3cc(F)c4ccccc4c23)cc(C)c1.[Ir]. The van der Waals surface area contributed by atoms with Gasteiger partial charge in [0.2, 0.25) is 0 Å². The number of carbonyl (C=O) groups is 1. The van der Waals surface area contributed by atoms with Crippen LogP contribution < -0.4 is 0 Å². The summed E-state index contributed by atoms with van der Waals surface area (Å²) in [6, 6.07) is 16.9. The zero-order valence-corrected chi connectivity index (χ0v) is 30.5. The molecule has 1 radical (unpaired) electrons. The Hall–Kier alpha value is -2.88. The second kappa shape index (κ2) is 15.4. The van der Waals surface area contributed by atoms with Crippen LogP contribution >= 0.6 is 0 Å². The molecule has 239 valence electrons. The van der Waals surface area contributed by atoms with Crippen LogP contribution in [-0.2, 0) is 24.9 Å². The standard InChI is InChI=1S/C24H21FN.C15H28O2.Ir/c1-14(2)21-13-26-24(17-10-15(3)9-16(4)11-17)23-19-8-6-5-7-18(19)22(25)12-20(21)23;1-7-14(5,8-2)12(16)11-13(17)15(6,9-3)10-4;/h5-10,12-14H,1-4H3;11,16H,7-10H2,1-6H3;/q-1;;/b;12-11-;. The summed E-state index contributed by atoms with van der Waals surface area (Å²) in [5.41, 5.74) is 4.54. The van der Waals surface area contributed by atoms with Gasteiger partial charge in [0, 0.05) is 48.6 Å². The van der Waals surface area contributed by atoms with Crippen LogP contribution in [0.4, 0.5) is 4.39 Å². The first kappa shape index (κ1) is 37.3. The first-order valence-corrected chi connectivity index (χ1v) is 15.7. The Bertz CT molecular complexity index is 1610. The van der Waals surface area contributed by atoms with Crippen molar-refractivity contribution in [3.05, 3.63) is 89.1 Å². The molecule has 44 heavy (non-hydrogen) atoms. The number of hydrogen-bond donors (Lipinski definition) is 1. The quantitative estimate of drug-likeness (QED) is 0.0797. The summed E-state index contributed by atoms with van der Waals surface area (Å²) in [6.45, 7) is 20.4. The number of nitrogens with zero attached hydrogens (tertiary/aromatic N) is 1. The van der Waals surface area contributed by atoms with E-state index in [0.29, 0.717) is 5.39 Å². The summed E-state index contributed by atoms with van der Waals surface area (Å²) < 4.78 is 14.8. The fourth-order valence-electron chi connectivity index (χ4n) is 5.45. The van der Waals surface area contributed by atoms with E-state index in [0.717, 1.165) is 64.2 Å². The third kappa shape index (κ3) is 7.85. The molecule has 0 fully saturated rings. The van der Waals surface area contributed by atoms with Gasteiger partial charge in [-0.15, -0.1) is 34.9 Å². The number of pyridine rings is 1. The van der Waals surface area contributed by atoms with E-state index in [-0.39, 0.29) is 54.2 Å². The Morgan fingerprint density at radius 1 is 0.932 bits per heavy atom. The molecule has 0 aliphatic rings. The molecule has 0 bridgehead atoms. The van der Waals surface area contributed by atoms with Crippen LogP contribution in [0.25, 0.3) is 32.8 Å². The molecule has 0 saturated heterocycles. The fourth-order valence-corrected chi connectivity index (χ4v) is 5.45. The van der Waals surface area contributed by atoms with E-state index in [1.807, 2.05) is 78.9 Å². The average Bonchev–Trinajstić information content (AvgIpc) is 2.99. The molecular formula is C39H49FIrNO2-. The maximum Gasteiger partial charge on any atom is 0.164 e. The van der Waals surface area contributed by atoms with Crippen LogP contribution in [0.3, 0.4) is 0 Å². The second-order valence-corrected chi connectivity index (χ2v) is 12.7. The number of allylic oxidation sites excluding steroid dienone is 2. The Morgan fingerprint density at radius 3 is 2.02 bits per heavy atom. The zero-order chi connectivity index (χ0) is 32.1. The predicted molar refractivity (Wildman–Crippen MR) is 180 cm³/mol.